The lowest BCUT2D eigenvalue weighted by Gasteiger charge is -2.62. The van der Waals surface area contributed by atoms with Gasteiger partial charge in [0.25, 0.3) is 0 Å². The van der Waals surface area contributed by atoms with E-state index in [0.29, 0.717) is 0 Å². The molecule has 0 aliphatic heterocycles. The summed E-state index contributed by atoms with van der Waals surface area (Å²) in [7, 11) is 13.7. The van der Waals surface area contributed by atoms with Gasteiger partial charge in [-0.05, 0) is 87.4 Å². The maximum atomic E-state index is 12.2. The first-order chi connectivity index (χ1) is 11.9. The molecule has 0 atom stereocenters. The zero-order chi connectivity index (χ0) is 19.2. The van der Waals surface area contributed by atoms with Gasteiger partial charge in [-0.25, -0.2) is 0 Å². The Morgan fingerprint density at radius 2 is 1.08 bits per heavy atom. The first-order valence-electron chi connectivity index (χ1n) is 11.2. The van der Waals surface area contributed by atoms with Crippen LogP contribution in [-0.2, 0) is 0 Å². The molecule has 3 heteroatoms. The summed E-state index contributed by atoms with van der Waals surface area (Å²) >= 11 is 0. The Morgan fingerprint density at radius 1 is 0.731 bits per heavy atom. The lowest BCUT2D eigenvalue weighted by atomic mass is 9.44. The van der Waals surface area contributed by atoms with Crippen LogP contribution in [0.5, 0.6) is 0 Å². The molecular weight excluding hydrogens is 320 g/mol. The minimum Gasteiger partial charge on any atom is -0.389 e. The van der Waals surface area contributed by atoms with Gasteiger partial charge in [-0.2, -0.15) is 0 Å². The molecule has 0 saturated heterocycles. The van der Waals surface area contributed by atoms with E-state index in [-0.39, 0.29) is 5.41 Å². The van der Waals surface area contributed by atoms with Crippen molar-refractivity contribution in [3.63, 3.8) is 0 Å². The molecule has 0 unspecified atom stereocenters. The average Bonchev–Trinajstić information content (AvgIpc) is 2.42. The molecule has 0 aromatic rings. The third kappa shape index (κ3) is 4.64. The molecule has 0 spiro atoms. The topological polar surface area (TPSA) is 20.2 Å². The van der Waals surface area contributed by atoms with Crippen LogP contribution in [0.15, 0.2) is 0 Å². The maximum Gasteiger partial charge on any atom is 0.0781 e. The second-order valence-corrected chi connectivity index (χ2v) is 12.5. The molecular formula is C23H46N2O+2. The Labute approximate surface area is 162 Å². The molecule has 3 nitrogen and oxygen atoms in total. The SMILES string of the molecule is C[N+](C)(C)CCCC(O)(CCC[N+](C)(C)C)C12CC3CC(CC(C3)C1)C2. The summed E-state index contributed by atoms with van der Waals surface area (Å²) in [5.41, 5.74) is -0.176. The van der Waals surface area contributed by atoms with Crippen molar-refractivity contribution < 1.29 is 14.1 Å². The lowest BCUT2D eigenvalue weighted by Crippen LogP contribution is -2.58. The van der Waals surface area contributed by atoms with E-state index in [9.17, 15) is 5.11 Å². The number of hydrogen-bond acceptors (Lipinski definition) is 1. The van der Waals surface area contributed by atoms with Gasteiger partial charge in [0.2, 0.25) is 0 Å². The van der Waals surface area contributed by atoms with Crippen molar-refractivity contribution in [3.8, 4) is 0 Å². The minimum absolute atomic E-state index is 0.248. The Kier molecular flexibility index (Phi) is 5.58. The normalized spacial score (nSPS) is 34.5. The summed E-state index contributed by atoms with van der Waals surface area (Å²) < 4.78 is 2.02. The fourth-order valence-corrected chi connectivity index (χ4v) is 7.03. The highest BCUT2D eigenvalue weighted by Crippen LogP contribution is 2.65. The molecule has 0 heterocycles. The molecule has 4 saturated carbocycles. The van der Waals surface area contributed by atoms with Gasteiger partial charge in [-0.1, -0.05) is 0 Å². The quantitative estimate of drug-likeness (QED) is 0.614. The summed E-state index contributed by atoms with van der Waals surface area (Å²) in [5, 5.41) is 12.2. The summed E-state index contributed by atoms with van der Waals surface area (Å²) in [4.78, 5) is 0. The fraction of sp³-hybridized carbons (Fsp3) is 1.00. The van der Waals surface area contributed by atoms with E-state index < -0.39 is 5.60 Å². The van der Waals surface area contributed by atoms with Crippen molar-refractivity contribution in [3.05, 3.63) is 0 Å². The summed E-state index contributed by atoms with van der Waals surface area (Å²) in [6.45, 7) is 2.34. The highest BCUT2D eigenvalue weighted by molar-refractivity contribution is 5.09. The van der Waals surface area contributed by atoms with Gasteiger partial charge in [-0.3, -0.25) is 0 Å². The van der Waals surface area contributed by atoms with E-state index in [1.807, 2.05) is 0 Å². The van der Waals surface area contributed by atoms with Crippen LogP contribution in [-0.4, -0.2) is 75.0 Å². The highest BCUT2D eigenvalue weighted by Gasteiger charge is 2.59. The Balaban J connectivity index is 1.73. The Morgan fingerprint density at radius 3 is 1.38 bits per heavy atom. The van der Waals surface area contributed by atoms with Crippen LogP contribution >= 0.6 is 0 Å². The molecule has 4 bridgehead atoms. The molecule has 26 heavy (non-hydrogen) atoms. The Hall–Kier alpha value is -0.120. The average molecular weight is 367 g/mol. The molecule has 0 radical (unpaired) electrons. The van der Waals surface area contributed by atoms with Crippen molar-refractivity contribution >= 4 is 0 Å². The van der Waals surface area contributed by atoms with Gasteiger partial charge < -0.3 is 14.1 Å². The molecule has 4 aliphatic carbocycles. The summed E-state index contributed by atoms with van der Waals surface area (Å²) in [5.74, 6) is 2.76. The van der Waals surface area contributed by atoms with Crippen LogP contribution in [0.4, 0.5) is 0 Å². The Bertz CT molecular complexity index is 430. The fourth-order valence-electron chi connectivity index (χ4n) is 7.03. The van der Waals surface area contributed by atoms with Crippen molar-refractivity contribution in [1.82, 2.24) is 0 Å². The summed E-state index contributed by atoms with van der Waals surface area (Å²) in [6, 6.07) is 0. The number of quaternary nitrogens is 2. The zero-order valence-corrected chi connectivity index (χ0v) is 18.6. The largest absolute Gasteiger partial charge is 0.389 e. The van der Waals surface area contributed by atoms with Crippen LogP contribution in [0.2, 0.25) is 0 Å². The summed E-state index contributed by atoms with van der Waals surface area (Å²) in [6.07, 6.45) is 12.7. The first kappa shape index (κ1) is 20.6. The van der Waals surface area contributed by atoms with Crippen molar-refractivity contribution in [1.29, 1.82) is 0 Å². The third-order valence-corrected chi connectivity index (χ3v) is 7.86. The van der Waals surface area contributed by atoms with Crippen LogP contribution in [0.25, 0.3) is 0 Å². The molecule has 4 aliphatic rings. The minimum atomic E-state index is -0.423. The standard InChI is InChI=1S/C23H46N2O/c1-24(2,3)11-7-9-23(26,10-8-12-25(4,5)6)22-16-19-13-20(17-22)15-21(14-19)18-22/h19-21,26H,7-18H2,1-6H3/q+2. The van der Waals surface area contributed by atoms with Crippen LogP contribution in [0.3, 0.4) is 0 Å². The zero-order valence-electron chi connectivity index (χ0n) is 18.6. The second-order valence-electron chi connectivity index (χ2n) is 12.5. The molecule has 4 fully saturated rings. The molecule has 0 aromatic carbocycles. The van der Waals surface area contributed by atoms with Crippen molar-refractivity contribution in [2.75, 3.05) is 55.4 Å². The third-order valence-electron chi connectivity index (χ3n) is 7.86. The highest BCUT2D eigenvalue weighted by atomic mass is 16.3. The predicted octanol–water partition coefficient (Wildman–Crippen LogP) is 3.91. The number of rotatable bonds is 9. The lowest BCUT2D eigenvalue weighted by molar-refractivity contribution is -0.871. The van der Waals surface area contributed by atoms with E-state index in [1.165, 1.54) is 51.6 Å². The van der Waals surface area contributed by atoms with E-state index in [4.69, 9.17) is 0 Å². The number of hydrogen-bond donors (Lipinski definition) is 1. The van der Waals surface area contributed by atoms with E-state index in [2.05, 4.69) is 42.3 Å². The van der Waals surface area contributed by atoms with Crippen LogP contribution in [0.1, 0.15) is 64.2 Å². The number of aliphatic hydroxyl groups is 1. The molecule has 4 rings (SSSR count). The molecule has 152 valence electrons. The van der Waals surface area contributed by atoms with E-state index in [0.717, 1.165) is 52.4 Å². The van der Waals surface area contributed by atoms with Gasteiger partial charge in [0.1, 0.15) is 0 Å². The monoisotopic (exact) mass is 366 g/mol. The predicted molar refractivity (Wildman–Crippen MR) is 110 cm³/mol. The van der Waals surface area contributed by atoms with Gasteiger partial charge in [0.05, 0.1) is 61.0 Å². The van der Waals surface area contributed by atoms with Gasteiger partial charge >= 0.3 is 0 Å². The molecule has 1 N–H and O–H groups in total. The van der Waals surface area contributed by atoms with Crippen LogP contribution < -0.4 is 0 Å². The molecule has 0 amide bonds. The van der Waals surface area contributed by atoms with E-state index >= 15 is 0 Å². The van der Waals surface area contributed by atoms with Crippen LogP contribution in [0, 0.1) is 23.2 Å². The van der Waals surface area contributed by atoms with Crippen molar-refractivity contribution in [2.24, 2.45) is 23.2 Å². The van der Waals surface area contributed by atoms with Gasteiger partial charge in [-0.15, -0.1) is 0 Å². The first-order valence-corrected chi connectivity index (χ1v) is 11.2. The van der Waals surface area contributed by atoms with Gasteiger partial charge in [0, 0.05) is 0 Å². The van der Waals surface area contributed by atoms with E-state index in [1.54, 1.807) is 0 Å². The number of nitrogens with zero attached hydrogens (tertiary/aromatic N) is 2. The van der Waals surface area contributed by atoms with Gasteiger partial charge in [0.15, 0.2) is 0 Å². The van der Waals surface area contributed by atoms with Crippen molar-refractivity contribution in [2.45, 2.75) is 69.8 Å². The maximum absolute atomic E-state index is 12.2. The molecule has 0 aromatic heterocycles. The smallest absolute Gasteiger partial charge is 0.0781 e. The second kappa shape index (κ2) is 7.04.